The Morgan fingerprint density at radius 1 is 1.44 bits per heavy atom. The average Bonchev–Trinajstić information content (AvgIpc) is 2.78. The first-order valence-corrected chi connectivity index (χ1v) is 5.42. The summed E-state index contributed by atoms with van der Waals surface area (Å²) in [6.45, 7) is 0.582. The van der Waals surface area contributed by atoms with Gasteiger partial charge in [-0.1, -0.05) is 17.3 Å². The molecule has 2 rings (SSSR count). The number of alkyl halides is 1. The number of aromatic nitrogens is 3. The molecule has 1 aromatic carbocycles. The third kappa shape index (κ3) is 2.23. The summed E-state index contributed by atoms with van der Waals surface area (Å²) in [5.74, 6) is 0.390. The minimum absolute atomic E-state index is 0.390. The number of methoxy groups -OCH3 is 1. The zero-order valence-electron chi connectivity index (χ0n) is 8.93. The number of hydrogen-bond donors (Lipinski definition) is 0. The second kappa shape index (κ2) is 5.09. The molecule has 0 radical (unpaired) electrons. The number of benzene rings is 1. The van der Waals surface area contributed by atoms with Crippen molar-refractivity contribution in [1.82, 2.24) is 15.0 Å². The Morgan fingerprint density at radius 3 is 3.06 bits per heavy atom. The largest absolute Gasteiger partial charge is 0.380 e. The number of nitrogens with zero attached hydrogens (tertiary/aromatic N) is 3. The van der Waals surface area contributed by atoms with E-state index >= 15 is 0 Å². The van der Waals surface area contributed by atoms with Crippen molar-refractivity contribution in [2.75, 3.05) is 7.11 Å². The SMILES string of the molecule is COCc1cccc(-n2nncc2CCl)c1. The minimum Gasteiger partial charge on any atom is -0.380 e. The van der Waals surface area contributed by atoms with Crippen molar-refractivity contribution in [3.05, 3.63) is 41.7 Å². The molecule has 84 valence electrons. The molecular weight excluding hydrogens is 226 g/mol. The van der Waals surface area contributed by atoms with Gasteiger partial charge in [0.1, 0.15) is 0 Å². The second-order valence-electron chi connectivity index (χ2n) is 3.37. The van der Waals surface area contributed by atoms with Crippen LogP contribution in [-0.2, 0) is 17.2 Å². The molecule has 5 heteroatoms. The van der Waals surface area contributed by atoms with Gasteiger partial charge in [0, 0.05) is 7.11 Å². The van der Waals surface area contributed by atoms with Crippen LogP contribution < -0.4 is 0 Å². The molecular formula is C11H12ClN3O. The minimum atomic E-state index is 0.390. The van der Waals surface area contributed by atoms with Crippen LogP contribution in [0.25, 0.3) is 5.69 Å². The number of halogens is 1. The Morgan fingerprint density at radius 2 is 2.31 bits per heavy atom. The van der Waals surface area contributed by atoms with Crippen molar-refractivity contribution >= 4 is 11.6 Å². The molecule has 0 aliphatic heterocycles. The van der Waals surface area contributed by atoms with Crippen molar-refractivity contribution in [1.29, 1.82) is 0 Å². The Balaban J connectivity index is 2.36. The summed E-state index contributed by atoms with van der Waals surface area (Å²) in [4.78, 5) is 0. The van der Waals surface area contributed by atoms with E-state index in [0.717, 1.165) is 16.9 Å². The number of rotatable bonds is 4. The smallest absolute Gasteiger partial charge is 0.0793 e. The van der Waals surface area contributed by atoms with Gasteiger partial charge in [0.05, 0.1) is 30.1 Å². The molecule has 0 bridgehead atoms. The van der Waals surface area contributed by atoms with Crippen LogP contribution in [0, 0.1) is 0 Å². The lowest BCUT2D eigenvalue weighted by Gasteiger charge is -2.06. The molecule has 0 atom stereocenters. The highest BCUT2D eigenvalue weighted by molar-refractivity contribution is 6.16. The fourth-order valence-electron chi connectivity index (χ4n) is 1.51. The van der Waals surface area contributed by atoms with Crippen LogP contribution in [0.15, 0.2) is 30.5 Å². The normalized spacial score (nSPS) is 10.6. The summed E-state index contributed by atoms with van der Waals surface area (Å²) in [5, 5.41) is 7.84. The monoisotopic (exact) mass is 237 g/mol. The van der Waals surface area contributed by atoms with Crippen LogP contribution in [-0.4, -0.2) is 22.1 Å². The molecule has 4 nitrogen and oxygen atoms in total. The summed E-state index contributed by atoms with van der Waals surface area (Å²) in [6, 6.07) is 7.94. The maximum absolute atomic E-state index is 5.80. The van der Waals surface area contributed by atoms with E-state index in [2.05, 4.69) is 10.3 Å². The van der Waals surface area contributed by atoms with E-state index in [4.69, 9.17) is 16.3 Å². The van der Waals surface area contributed by atoms with Crippen molar-refractivity contribution in [3.63, 3.8) is 0 Å². The second-order valence-corrected chi connectivity index (χ2v) is 3.64. The lowest BCUT2D eigenvalue weighted by atomic mass is 10.2. The highest BCUT2D eigenvalue weighted by atomic mass is 35.5. The average molecular weight is 238 g/mol. The van der Waals surface area contributed by atoms with Crippen LogP contribution in [0.2, 0.25) is 0 Å². The summed E-state index contributed by atoms with van der Waals surface area (Å²) in [5.41, 5.74) is 2.91. The Labute approximate surface area is 98.8 Å². The maximum atomic E-state index is 5.80. The van der Waals surface area contributed by atoms with Crippen LogP contribution in [0.4, 0.5) is 0 Å². The lowest BCUT2D eigenvalue weighted by Crippen LogP contribution is -2.01. The molecule has 0 unspecified atom stereocenters. The van der Waals surface area contributed by atoms with E-state index in [1.165, 1.54) is 0 Å². The third-order valence-corrected chi connectivity index (χ3v) is 2.50. The maximum Gasteiger partial charge on any atom is 0.0793 e. The molecule has 1 aromatic heterocycles. The van der Waals surface area contributed by atoms with Crippen LogP contribution in [0.5, 0.6) is 0 Å². The van der Waals surface area contributed by atoms with Crippen molar-refractivity contribution in [2.24, 2.45) is 0 Å². The molecule has 16 heavy (non-hydrogen) atoms. The Bertz CT molecular complexity index is 470. The van der Waals surface area contributed by atoms with Gasteiger partial charge in [-0.25, -0.2) is 4.68 Å². The Hall–Kier alpha value is -1.39. The lowest BCUT2D eigenvalue weighted by molar-refractivity contribution is 0.185. The Kier molecular flexibility index (Phi) is 3.54. The molecule has 0 saturated heterocycles. The van der Waals surface area contributed by atoms with Gasteiger partial charge < -0.3 is 4.74 Å². The summed E-state index contributed by atoms with van der Waals surface area (Å²) >= 11 is 5.80. The summed E-state index contributed by atoms with van der Waals surface area (Å²) < 4.78 is 6.81. The first kappa shape index (κ1) is 11.1. The molecule has 0 saturated carbocycles. The topological polar surface area (TPSA) is 39.9 Å². The zero-order valence-corrected chi connectivity index (χ0v) is 9.68. The summed E-state index contributed by atoms with van der Waals surface area (Å²) in [6.07, 6.45) is 1.66. The third-order valence-electron chi connectivity index (χ3n) is 2.22. The van der Waals surface area contributed by atoms with E-state index in [1.807, 2.05) is 24.3 Å². The first-order chi connectivity index (χ1) is 7.85. The zero-order chi connectivity index (χ0) is 11.4. The predicted octanol–water partition coefficient (Wildman–Crippen LogP) is 2.15. The van der Waals surface area contributed by atoms with E-state index in [-0.39, 0.29) is 0 Å². The van der Waals surface area contributed by atoms with Crippen LogP contribution in [0.1, 0.15) is 11.3 Å². The first-order valence-electron chi connectivity index (χ1n) is 4.89. The number of hydrogen-bond acceptors (Lipinski definition) is 3. The van der Waals surface area contributed by atoms with E-state index in [1.54, 1.807) is 18.0 Å². The highest BCUT2D eigenvalue weighted by Crippen LogP contribution is 2.13. The highest BCUT2D eigenvalue weighted by Gasteiger charge is 2.05. The van der Waals surface area contributed by atoms with Gasteiger partial charge in [-0.3, -0.25) is 0 Å². The van der Waals surface area contributed by atoms with Gasteiger partial charge in [0.2, 0.25) is 0 Å². The van der Waals surface area contributed by atoms with Gasteiger partial charge in [-0.05, 0) is 17.7 Å². The molecule has 0 fully saturated rings. The fraction of sp³-hybridized carbons (Fsp3) is 0.273. The quantitative estimate of drug-likeness (QED) is 0.765. The van der Waals surface area contributed by atoms with Gasteiger partial charge in [0.25, 0.3) is 0 Å². The van der Waals surface area contributed by atoms with Gasteiger partial charge >= 0.3 is 0 Å². The molecule has 0 N–H and O–H groups in total. The summed E-state index contributed by atoms with van der Waals surface area (Å²) in [7, 11) is 1.67. The predicted molar refractivity (Wildman–Crippen MR) is 61.6 cm³/mol. The van der Waals surface area contributed by atoms with Crippen molar-refractivity contribution < 1.29 is 4.74 Å². The van der Waals surface area contributed by atoms with E-state index in [0.29, 0.717) is 12.5 Å². The standard InChI is InChI=1S/C11H12ClN3O/c1-16-8-9-3-2-4-10(5-9)15-11(6-12)7-13-14-15/h2-5,7H,6,8H2,1H3. The van der Waals surface area contributed by atoms with Crippen molar-refractivity contribution in [2.45, 2.75) is 12.5 Å². The molecule has 2 aromatic rings. The number of ether oxygens (including phenoxy) is 1. The molecule has 1 heterocycles. The molecule has 0 aliphatic rings. The van der Waals surface area contributed by atoms with Crippen LogP contribution in [0.3, 0.4) is 0 Å². The molecule has 0 spiro atoms. The van der Waals surface area contributed by atoms with Crippen molar-refractivity contribution in [3.8, 4) is 5.69 Å². The molecule has 0 aliphatic carbocycles. The molecule has 0 amide bonds. The van der Waals surface area contributed by atoms with Gasteiger partial charge in [-0.2, -0.15) is 0 Å². The fourth-order valence-corrected chi connectivity index (χ4v) is 1.69. The van der Waals surface area contributed by atoms with Gasteiger partial charge in [0.15, 0.2) is 0 Å². The van der Waals surface area contributed by atoms with E-state index < -0.39 is 0 Å². The van der Waals surface area contributed by atoms with Gasteiger partial charge in [-0.15, -0.1) is 16.7 Å². The van der Waals surface area contributed by atoms with Crippen LogP contribution >= 0.6 is 11.6 Å². The van der Waals surface area contributed by atoms with E-state index in [9.17, 15) is 0 Å².